The van der Waals surface area contributed by atoms with Crippen molar-refractivity contribution in [2.75, 3.05) is 39.3 Å². The molecule has 3 aliphatic rings. The van der Waals surface area contributed by atoms with Crippen LogP contribution in [0.1, 0.15) is 30.1 Å². The summed E-state index contributed by atoms with van der Waals surface area (Å²) in [4.78, 5) is 21.1. The van der Waals surface area contributed by atoms with Gasteiger partial charge in [-0.05, 0) is 6.92 Å². The van der Waals surface area contributed by atoms with E-state index in [2.05, 4.69) is 15.2 Å². The van der Waals surface area contributed by atoms with Crippen LogP contribution in [0.3, 0.4) is 0 Å². The highest BCUT2D eigenvalue weighted by atomic mass is 32.1. The van der Waals surface area contributed by atoms with Gasteiger partial charge in [-0.15, -0.1) is 11.3 Å². The molecule has 2 bridgehead atoms. The van der Waals surface area contributed by atoms with Crippen LogP contribution in [0.4, 0.5) is 0 Å². The Morgan fingerprint density at radius 2 is 2.25 bits per heavy atom. The molecule has 3 aliphatic heterocycles. The molecule has 1 unspecified atom stereocenters. The molecule has 0 N–H and O–H groups in total. The number of aromatic nitrogens is 1. The number of thiazole rings is 1. The number of hydrogen-bond donors (Lipinski definition) is 0. The molecule has 6 heteroatoms. The molecule has 5 nitrogen and oxygen atoms in total. The van der Waals surface area contributed by atoms with Crippen molar-refractivity contribution in [2.45, 2.75) is 25.8 Å². The van der Waals surface area contributed by atoms with E-state index < -0.39 is 0 Å². The Labute approximate surface area is 123 Å². The summed E-state index contributed by atoms with van der Waals surface area (Å²) in [6.45, 7) is 8.08. The Kier molecular flexibility index (Phi) is 4.33. The SMILES string of the molecule is CCOC(=O)CCc1csc(C2CN3CCN2CC3)n1. The van der Waals surface area contributed by atoms with Crippen molar-refractivity contribution in [3.8, 4) is 0 Å². The quantitative estimate of drug-likeness (QED) is 0.767. The number of nitrogens with zero attached hydrogens (tertiary/aromatic N) is 3. The fraction of sp³-hybridized carbons (Fsp3) is 0.714. The van der Waals surface area contributed by atoms with Crippen LogP contribution in [0.15, 0.2) is 5.38 Å². The summed E-state index contributed by atoms with van der Waals surface area (Å²) < 4.78 is 4.95. The normalized spacial score (nSPS) is 28.6. The van der Waals surface area contributed by atoms with Gasteiger partial charge in [0.15, 0.2) is 0 Å². The van der Waals surface area contributed by atoms with Gasteiger partial charge in [0.2, 0.25) is 0 Å². The molecule has 1 aromatic rings. The first-order valence-corrected chi connectivity index (χ1v) is 8.20. The van der Waals surface area contributed by atoms with Crippen LogP contribution in [-0.4, -0.2) is 60.1 Å². The van der Waals surface area contributed by atoms with E-state index in [4.69, 9.17) is 9.72 Å². The highest BCUT2D eigenvalue weighted by molar-refractivity contribution is 7.09. The molecule has 3 fully saturated rings. The molecule has 1 aromatic heterocycles. The van der Waals surface area contributed by atoms with Gasteiger partial charge in [-0.3, -0.25) is 14.6 Å². The Hall–Kier alpha value is -0.980. The Balaban J connectivity index is 1.58. The summed E-state index contributed by atoms with van der Waals surface area (Å²) in [6.07, 6.45) is 1.11. The van der Waals surface area contributed by atoms with Crippen molar-refractivity contribution in [3.05, 3.63) is 16.1 Å². The molecule has 4 heterocycles. The molecule has 3 saturated heterocycles. The van der Waals surface area contributed by atoms with E-state index in [1.165, 1.54) is 18.1 Å². The summed E-state index contributed by atoms with van der Waals surface area (Å²) in [6, 6.07) is 0.457. The highest BCUT2D eigenvalue weighted by Gasteiger charge is 2.34. The van der Waals surface area contributed by atoms with Gasteiger partial charge in [-0.25, -0.2) is 4.98 Å². The third-order valence-corrected chi connectivity index (χ3v) is 5.02. The zero-order chi connectivity index (χ0) is 13.9. The smallest absolute Gasteiger partial charge is 0.306 e. The molecule has 0 saturated carbocycles. The number of aryl methyl sites for hydroxylation is 1. The number of ether oxygens (including phenoxy) is 1. The number of fused-ring (bicyclic) bond motifs is 3. The predicted molar refractivity (Wildman–Crippen MR) is 77.8 cm³/mol. The topological polar surface area (TPSA) is 45.7 Å². The second kappa shape index (κ2) is 6.20. The van der Waals surface area contributed by atoms with Crippen molar-refractivity contribution >= 4 is 17.3 Å². The molecule has 1 atom stereocenters. The van der Waals surface area contributed by atoms with E-state index in [1.54, 1.807) is 11.3 Å². The third-order valence-electron chi connectivity index (χ3n) is 4.02. The lowest BCUT2D eigenvalue weighted by atomic mass is 10.1. The summed E-state index contributed by atoms with van der Waals surface area (Å²) in [5, 5.41) is 3.29. The molecule has 110 valence electrons. The number of carbonyl (C=O) groups excluding carboxylic acids is 1. The molecule has 0 spiro atoms. The molecule has 0 radical (unpaired) electrons. The van der Waals surface area contributed by atoms with Gasteiger partial charge in [-0.1, -0.05) is 0 Å². The van der Waals surface area contributed by atoms with Crippen LogP contribution in [0.5, 0.6) is 0 Å². The number of hydrogen-bond acceptors (Lipinski definition) is 6. The minimum absolute atomic E-state index is 0.131. The maximum absolute atomic E-state index is 11.4. The molecule has 0 amide bonds. The first-order valence-electron chi connectivity index (χ1n) is 7.32. The lowest BCUT2D eigenvalue weighted by molar-refractivity contribution is -0.143. The van der Waals surface area contributed by atoms with Crippen LogP contribution in [-0.2, 0) is 16.0 Å². The second-order valence-electron chi connectivity index (χ2n) is 5.33. The fourth-order valence-electron chi connectivity index (χ4n) is 2.91. The zero-order valence-electron chi connectivity index (χ0n) is 11.9. The standard InChI is InChI=1S/C14H21N3O2S/c1-2-19-13(18)4-3-11-10-20-14(15-11)12-9-16-5-7-17(12)8-6-16/h10,12H,2-9H2,1H3. The number of carbonyl (C=O) groups is 1. The van der Waals surface area contributed by atoms with Gasteiger partial charge in [0, 0.05) is 44.5 Å². The zero-order valence-corrected chi connectivity index (χ0v) is 12.7. The van der Waals surface area contributed by atoms with Crippen molar-refractivity contribution in [2.24, 2.45) is 0 Å². The van der Waals surface area contributed by atoms with E-state index in [0.717, 1.165) is 25.3 Å². The molecular weight excluding hydrogens is 274 g/mol. The molecule has 20 heavy (non-hydrogen) atoms. The fourth-order valence-corrected chi connectivity index (χ4v) is 3.88. The summed E-state index contributed by atoms with van der Waals surface area (Å²) in [7, 11) is 0. The van der Waals surface area contributed by atoms with Gasteiger partial charge in [0.25, 0.3) is 0 Å². The van der Waals surface area contributed by atoms with Crippen LogP contribution < -0.4 is 0 Å². The van der Waals surface area contributed by atoms with Crippen molar-refractivity contribution in [3.63, 3.8) is 0 Å². The van der Waals surface area contributed by atoms with E-state index in [1.807, 2.05) is 6.92 Å². The Morgan fingerprint density at radius 1 is 1.45 bits per heavy atom. The third kappa shape index (κ3) is 3.02. The Morgan fingerprint density at radius 3 is 2.90 bits per heavy atom. The summed E-state index contributed by atoms with van der Waals surface area (Å²) in [5.41, 5.74) is 1.02. The van der Waals surface area contributed by atoms with Crippen LogP contribution >= 0.6 is 11.3 Å². The van der Waals surface area contributed by atoms with E-state index in [9.17, 15) is 4.79 Å². The van der Waals surface area contributed by atoms with Crippen molar-refractivity contribution in [1.29, 1.82) is 0 Å². The summed E-state index contributed by atoms with van der Waals surface area (Å²) >= 11 is 1.73. The molecule has 4 rings (SSSR count). The van der Waals surface area contributed by atoms with Crippen molar-refractivity contribution < 1.29 is 9.53 Å². The minimum atomic E-state index is -0.131. The first kappa shape index (κ1) is 14.0. The molecule has 0 aliphatic carbocycles. The van der Waals surface area contributed by atoms with Gasteiger partial charge in [0.05, 0.1) is 24.8 Å². The number of rotatable bonds is 5. The second-order valence-corrected chi connectivity index (χ2v) is 6.22. The van der Waals surface area contributed by atoms with Crippen LogP contribution in [0.25, 0.3) is 0 Å². The number of esters is 1. The molecular formula is C14H21N3O2S. The first-order chi connectivity index (χ1) is 9.76. The highest BCUT2D eigenvalue weighted by Crippen LogP contribution is 2.30. The Bertz CT molecular complexity index is 469. The molecule has 0 aromatic carbocycles. The maximum atomic E-state index is 11.4. The largest absolute Gasteiger partial charge is 0.466 e. The maximum Gasteiger partial charge on any atom is 0.306 e. The van der Waals surface area contributed by atoms with E-state index in [0.29, 0.717) is 25.5 Å². The lowest BCUT2D eigenvalue weighted by Gasteiger charge is -2.46. The minimum Gasteiger partial charge on any atom is -0.466 e. The van der Waals surface area contributed by atoms with E-state index in [-0.39, 0.29) is 5.97 Å². The monoisotopic (exact) mass is 295 g/mol. The average Bonchev–Trinajstić information content (AvgIpc) is 2.95. The van der Waals surface area contributed by atoms with Gasteiger partial charge in [-0.2, -0.15) is 0 Å². The van der Waals surface area contributed by atoms with Gasteiger partial charge < -0.3 is 4.74 Å². The van der Waals surface area contributed by atoms with Crippen LogP contribution in [0.2, 0.25) is 0 Å². The number of piperazine rings is 3. The van der Waals surface area contributed by atoms with Gasteiger partial charge >= 0.3 is 5.97 Å². The van der Waals surface area contributed by atoms with Crippen molar-refractivity contribution in [1.82, 2.24) is 14.8 Å². The predicted octanol–water partition coefficient (Wildman–Crippen LogP) is 1.31. The lowest BCUT2D eigenvalue weighted by Crippen LogP contribution is -2.56. The van der Waals surface area contributed by atoms with E-state index >= 15 is 0 Å². The average molecular weight is 295 g/mol. The summed E-state index contributed by atoms with van der Waals surface area (Å²) in [5.74, 6) is -0.131. The van der Waals surface area contributed by atoms with Crippen LogP contribution in [0, 0.1) is 0 Å². The van der Waals surface area contributed by atoms with Gasteiger partial charge in [0.1, 0.15) is 5.01 Å².